The largest absolute Gasteiger partial charge is 0.309 e. The van der Waals surface area contributed by atoms with Gasteiger partial charge in [0, 0.05) is 23.9 Å². The average Bonchev–Trinajstić information content (AvgIpc) is 3.13. The van der Waals surface area contributed by atoms with Crippen LogP contribution in [0.1, 0.15) is 17.3 Å². The van der Waals surface area contributed by atoms with Gasteiger partial charge in [0.1, 0.15) is 6.33 Å². The number of carbonyl (C=O) groups is 1. The smallest absolute Gasteiger partial charge is 0.258 e. The number of hydrogen-bond donors (Lipinski definition) is 0. The first kappa shape index (κ1) is 15.7. The topological polar surface area (TPSA) is 63.9 Å². The second-order valence-electron chi connectivity index (χ2n) is 4.95. The third kappa shape index (κ3) is 2.98. The molecule has 0 aliphatic heterocycles. The molecule has 0 atom stereocenters. The van der Waals surface area contributed by atoms with Crippen LogP contribution < -0.4 is 4.90 Å². The zero-order valence-electron chi connectivity index (χ0n) is 12.7. The summed E-state index contributed by atoms with van der Waals surface area (Å²) in [4.78, 5) is 14.1. The molecule has 3 rings (SSSR count). The molecular weight excluding hydrogens is 316 g/mol. The number of anilines is 1. The van der Waals surface area contributed by atoms with E-state index in [0.717, 1.165) is 12.1 Å². The lowest BCUT2D eigenvalue weighted by Crippen LogP contribution is -2.30. The molecule has 0 saturated carbocycles. The van der Waals surface area contributed by atoms with Gasteiger partial charge in [0.05, 0.1) is 5.69 Å². The van der Waals surface area contributed by atoms with E-state index in [1.807, 2.05) is 0 Å². The molecule has 0 bridgehead atoms. The highest BCUT2D eigenvalue weighted by molar-refractivity contribution is 6.06. The molecule has 122 valence electrons. The van der Waals surface area contributed by atoms with Gasteiger partial charge in [-0.25, -0.2) is 13.5 Å². The Hall–Kier alpha value is -3.16. The van der Waals surface area contributed by atoms with Crippen molar-refractivity contribution in [2.24, 2.45) is 0 Å². The Morgan fingerprint density at radius 3 is 2.67 bits per heavy atom. The van der Waals surface area contributed by atoms with E-state index in [2.05, 4.69) is 15.5 Å². The van der Waals surface area contributed by atoms with Crippen molar-refractivity contribution >= 4 is 11.6 Å². The number of hydrogen-bond acceptors (Lipinski definition) is 4. The van der Waals surface area contributed by atoms with E-state index in [9.17, 15) is 13.6 Å². The number of carbonyl (C=O) groups excluding carboxylic acids is 1. The van der Waals surface area contributed by atoms with E-state index in [1.165, 1.54) is 22.0 Å². The number of benzene rings is 2. The predicted molar refractivity (Wildman–Crippen MR) is 82.9 cm³/mol. The van der Waals surface area contributed by atoms with Gasteiger partial charge in [-0.2, -0.15) is 0 Å². The van der Waals surface area contributed by atoms with E-state index in [0.29, 0.717) is 17.8 Å². The van der Waals surface area contributed by atoms with Gasteiger partial charge < -0.3 is 4.90 Å². The molecule has 0 aliphatic carbocycles. The molecular formula is C16H13F2N5O. The minimum atomic E-state index is -0.999. The fourth-order valence-electron chi connectivity index (χ4n) is 2.31. The van der Waals surface area contributed by atoms with Crippen molar-refractivity contribution in [1.82, 2.24) is 20.2 Å². The van der Waals surface area contributed by atoms with E-state index >= 15 is 0 Å². The predicted octanol–water partition coefficient (Wildman–Crippen LogP) is 2.61. The van der Waals surface area contributed by atoms with Crippen molar-refractivity contribution in [1.29, 1.82) is 0 Å². The normalized spacial score (nSPS) is 10.6. The van der Waals surface area contributed by atoms with Gasteiger partial charge >= 0.3 is 0 Å². The Morgan fingerprint density at radius 2 is 2.00 bits per heavy atom. The molecule has 0 unspecified atom stereocenters. The van der Waals surface area contributed by atoms with Crippen LogP contribution in [-0.2, 0) is 0 Å². The first-order valence-corrected chi connectivity index (χ1v) is 7.20. The molecule has 24 heavy (non-hydrogen) atoms. The summed E-state index contributed by atoms with van der Waals surface area (Å²) in [5, 5.41) is 10.9. The monoisotopic (exact) mass is 329 g/mol. The van der Waals surface area contributed by atoms with Crippen LogP contribution in [-0.4, -0.2) is 32.7 Å². The first-order chi connectivity index (χ1) is 11.6. The zero-order chi connectivity index (χ0) is 17.1. The Kier molecular flexibility index (Phi) is 4.28. The van der Waals surface area contributed by atoms with Crippen molar-refractivity contribution in [3.8, 4) is 5.69 Å². The van der Waals surface area contributed by atoms with E-state index < -0.39 is 11.6 Å². The average molecular weight is 329 g/mol. The summed E-state index contributed by atoms with van der Waals surface area (Å²) in [5.74, 6) is -2.29. The summed E-state index contributed by atoms with van der Waals surface area (Å²) in [6, 6.07) is 10.1. The lowest BCUT2D eigenvalue weighted by molar-refractivity contribution is 0.0988. The molecule has 6 nitrogen and oxygen atoms in total. The van der Waals surface area contributed by atoms with Crippen LogP contribution in [0.5, 0.6) is 0 Å². The van der Waals surface area contributed by atoms with Crippen LogP contribution >= 0.6 is 0 Å². The zero-order valence-corrected chi connectivity index (χ0v) is 12.7. The summed E-state index contributed by atoms with van der Waals surface area (Å²) in [7, 11) is 0. The van der Waals surface area contributed by atoms with E-state index in [1.54, 1.807) is 31.2 Å². The Labute approximate surface area is 136 Å². The van der Waals surface area contributed by atoms with Gasteiger partial charge in [-0.05, 0) is 47.7 Å². The SMILES string of the molecule is CCN(C(=O)c1cccc(-n2cnnn2)c1)c1ccc(F)c(F)c1. The molecule has 1 aromatic heterocycles. The lowest BCUT2D eigenvalue weighted by atomic mass is 10.1. The highest BCUT2D eigenvalue weighted by atomic mass is 19.2. The highest BCUT2D eigenvalue weighted by Crippen LogP contribution is 2.21. The number of rotatable bonds is 4. The van der Waals surface area contributed by atoms with E-state index in [4.69, 9.17) is 0 Å². The molecule has 8 heteroatoms. The van der Waals surface area contributed by atoms with Crippen molar-refractivity contribution < 1.29 is 13.6 Å². The number of nitrogens with zero attached hydrogens (tertiary/aromatic N) is 5. The van der Waals surface area contributed by atoms with E-state index in [-0.39, 0.29) is 11.6 Å². The molecule has 3 aromatic rings. The lowest BCUT2D eigenvalue weighted by Gasteiger charge is -2.21. The fraction of sp³-hybridized carbons (Fsp3) is 0.125. The number of halogens is 2. The molecule has 1 amide bonds. The maximum absolute atomic E-state index is 13.5. The van der Waals surface area contributed by atoms with Gasteiger partial charge in [0.15, 0.2) is 11.6 Å². The highest BCUT2D eigenvalue weighted by Gasteiger charge is 2.18. The second-order valence-corrected chi connectivity index (χ2v) is 4.95. The second kappa shape index (κ2) is 6.53. The molecule has 2 aromatic carbocycles. The minimum absolute atomic E-state index is 0.286. The maximum Gasteiger partial charge on any atom is 0.258 e. The maximum atomic E-state index is 13.5. The van der Waals surface area contributed by atoms with Gasteiger partial charge in [0.25, 0.3) is 5.91 Å². The Bertz CT molecular complexity index is 867. The molecule has 1 heterocycles. The molecule has 0 fully saturated rings. The third-order valence-corrected chi connectivity index (χ3v) is 3.48. The Balaban J connectivity index is 1.94. The summed E-state index contributed by atoms with van der Waals surface area (Å²) in [5.41, 5.74) is 1.29. The molecule has 0 radical (unpaired) electrons. The summed E-state index contributed by atoms with van der Waals surface area (Å²) < 4.78 is 28.0. The minimum Gasteiger partial charge on any atom is -0.309 e. The molecule has 0 aliphatic rings. The summed E-state index contributed by atoms with van der Waals surface area (Å²) in [6.45, 7) is 2.06. The standard InChI is InChI=1S/C16H13F2N5O/c1-2-22(12-6-7-14(17)15(18)9-12)16(24)11-4-3-5-13(8-11)23-10-19-20-21-23/h3-10H,2H2,1H3. The quantitative estimate of drug-likeness (QED) is 0.738. The van der Waals surface area contributed by atoms with Crippen molar-refractivity contribution in [3.63, 3.8) is 0 Å². The van der Waals surface area contributed by atoms with Crippen molar-refractivity contribution in [2.45, 2.75) is 6.92 Å². The van der Waals surface area contributed by atoms with Crippen LogP contribution in [0.25, 0.3) is 5.69 Å². The third-order valence-electron chi connectivity index (χ3n) is 3.48. The first-order valence-electron chi connectivity index (χ1n) is 7.20. The van der Waals surface area contributed by atoms with Crippen LogP contribution in [0.2, 0.25) is 0 Å². The number of aromatic nitrogens is 4. The Morgan fingerprint density at radius 1 is 1.17 bits per heavy atom. The van der Waals surface area contributed by atoms with Crippen LogP contribution in [0.4, 0.5) is 14.5 Å². The summed E-state index contributed by atoms with van der Waals surface area (Å²) in [6.07, 6.45) is 1.41. The summed E-state index contributed by atoms with van der Waals surface area (Å²) >= 11 is 0. The van der Waals surface area contributed by atoms with Gasteiger partial charge in [0.2, 0.25) is 0 Å². The molecule has 0 saturated heterocycles. The number of tetrazole rings is 1. The van der Waals surface area contributed by atoms with Crippen LogP contribution in [0.15, 0.2) is 48.8 Å². The van der Waals surface area contributed by atoms with Crippen molar-refractivity contribution in [2.75, 3.05) is 11.4 Å². The van der Waals surface area contributed by atoms with Crippen LogP contribution in [0, 0.1) is 11.6 Å². The number of amides is 1. The molecule has 0 N–H and O–H groups in total. The fourth-order valence-corrected chi connectivity index (χ4v) is 2.31. The van der Waals surface area contributed by atoms with Crippen molar-refractivity contribution in [3.05, 3.63) is 66.0 Å². The van der Waals surface area contributed by atoms with Gasteiger partial charge in [-0.3, -0.25) is 4.79 Å². The van der Waals surface area contributed by atoms with Gasteiger partial charge in [-0.15, -0.1) is 5.10 Å². The van der Waals surface area contributed by atoms with Gasteiger partial charge in [-0.1, -0.05) is 6.07 Å². The molecule has 0 spiro atoms. The van der Waals surface area contributed by atoms with Crippen LogP contribution in [0.3, 0.4) is 0 Å².